The molecule has 7 nitrogen and oxygen atoms in total. The average molecular weight is 410 g/mol. The van der Waals surface area contributed by atoms with Crippen LogP contribution in [0.2, 0.25) is 0 Å². The van der Waals surface area contributed by atoms with Gasteiger partial charge in [-0.15, -0.1) is 0 Å². The summed E-state index contributed by atoms with van der Waals surface area (Å²) in [5.74, 6) is -0.297. The number of rotatable bonds is 9. The molecule has 1 aromatic carbocycles. The second-order valence-corrected chi connectivity index (χ2v) is 7.37. The van der Waals surface area contributed by atoms with Crippen LogP contribution in [0, 0.1) is 6.92 Å². The number of hydrogen-bond acceptors (Lipinski definition) is 6. The zero-order chi connectivity index (χ0) is 21.8. The summed E-state index contributed by atoms with van der Waals surface area (Å²) in [4.78, 5) is 29.4. The lowest BCUT2D eigenvalue weighted by Gasteiger charge is -2.28. The minimum absolute atomic E-state index is 0.0212. The summed E-state index contributed by atoms with van der Waals surface area (Å²) in [5, 5.41) is 10.6. The Morgan fingerprint density at radius 3 is 2.53 bits per heavy atom. The van der Waals surface area contributed by atoms with Gasteiger partial charge in [-0.1, -0.05) is 24.8 Å². The smallest absolute Gasteiger partial charge is 0.290 e. The van der Waals surface area contributed by atoms with Crippen LogP contribution >= 0.6 is 0 Å². The van der Waals surface area contributed by atoms with E-state index in [9.17, 15) is 14.7 Å². The van der Waals surface area contributed by atoms with Crippen molar-refractivity contribution in [1.82, 2.24) is 9.80 Å². The largest absolute Gasteiger partial charge is 0.503 e. The zero-order valence-electron chi connectivity index (χ0n) is 17.4. The number of Topliss-reactive ketones (excluding diaryl/α,β-unsaturated/α-hetero) is 1. The van der Waals surface area contributed by atoms with Crippen molar-refractivity contribution in [3.05, 3.63) is 77.5 Å². The third-order valence-corrected chi connectivity index (χ3v) is 4.86. The maximum Gasteiger partial charge on any atom is 0.290 e. The molecule has 0 radical (unpaired) electrons. The Bertz CT molecular complexity index is 972. The number of hydrogen-bond donors (Lipinski definition) is 1. The van der Waals surface area contributed by atoms with Gasteiger partial charge in [0.1, 0.15) is 18.1 Å². The second kappa shape index (κ2) is 9.00. The number of aryl methyl sites for hydroxylation is 1. The first-order valence-corrected chi connectivity index (χ1v) is 9.67. The Balaban J connectivity index is 2.00. The number of aliphatic hydroxyl groups excluding tert-OH is 1. The van der Waals surface area contributed by atoms with E-state index in [2.05, 4.69) is 6.58 Å². The van der Waals surface area contributed by atoms with E-state index in [0.29, 0.717) is 36.8 Å². The molecule has 1 atom stereocenters. The van der Waals surface area contributed by atoms with Crippen molar-refractivity contribution in [3.8, 4) is 5.75 Å². The summed E-state index contributed by atoms with van der Waals surface area (Å²) < 4.78 is 11.0. The maximum atomic E-state index is 13.2. The van der Waals surface area contributed by atoms with E-state index in [0.717, 1.165) is 0 Å². The highest BCUT2D eigenvalue weighted by Gasteiger charge is 2.44. The normalized spacial score (nSPS) is 16.5. The molecule has 7 heteroatoms. The lowest BCUT2D eigenvalue weighted by Crippen LogP contribution is -2.36. The predicted octanol–water partition coefficient (Wildman–Crippen LogP) is 3.29. The van der Waals surface area contributed by atoms with Crippen LogP contribution in [0.15, 0.2) is 64.8 Å². The number of furan rings is 1. The molecule has 0 aliphatic carbocycles. The molecule has 1 N–H and O–H groups in total. The van der Waals surface area contributed by atoms with Crippen LogP contribution in [-0.2, 0) is 4.79 Å². The van der Waals surface area contributed by atoms with Crippen molar-refractivity contribution in [2.45, 2.75) is 13.0 Å². The molecule has 0 saturated heterocycles. The molecule has 1 aliphatic rings. The van der Waals surface area contributed by atoms with Crippen molar-refractivity contribution in [3.63, 3.8) is 0 Å². The lowest BCUT2D eigenvalue weighted by atomic mass is 9.95. The van der Waals surface area contributed by atoms with Gasteiger partial charge in [-0.05, 0) is 50.8 Å². The molecule has 30 heavy (non-hydrogen) atoms. The van der Waals surface area contributed by atoms with Crippen molar-refractivity contribution >= 4 is 11.7 Å². The minimum atomic E-state index is -0.719. The molecule has 0 unspecified atom stereocenters. The van der Waals surface area contributed by atoms with Gasteiger partial charge in [0.05, 0.1) is 11.6 Å². The van der Waals surface area contributed by atoms with Crippen molar-refractivity contribution < 1.29 is 23.8 Å². The van der Waals surface area contributed by atoms with Crippen LogP contribution in [0.25, 0.3) is 0 Å². The number of nitrogens with zero attached hydrogens (tertiary/aromatic N) is 2. The van der Waals surface area contributed by atoms with Gasteiger partial charge in [-0.2, -0.15) is 0 Å². The Morgan fingerprint density at radius 2 is 1.97 bits per heavy atom. The van der Waals surface area contributed by atoms with E-state index in [4.69, 9.17) is 9.15 Å². The number of ether oxygens (including phenoxy) is 1. The SMILES string of the molecule is C=CCOc1ccc([C@@H]2C(C(=O)c3ccc(C)o3)=C(O)C(=O)N2CCN(C)C)cc1. The highest BCUT2D eigenvalue weighted by molar-refractivity contribution is 6.15. The average Bonchev–Trinajstić information content (AvgIpc) is 3.26. The molecule has 0 saturated carbocycles. The van der Waals surface area contributed by atoms with E-state index >= 15 is 0 Å². The fourth-order valence-corrected chi connectivity index (χ4v) is 3.36. The topological polar surface area (TPSA) is 83.2 Å². The summed E-state index contributed by atoms with van der Waals surface area (Å²) >= 11 is 0. The van der Waals surface area contributed by atoms with E-state index in [-0.39, 0.29) is 11.3 Å². The molecule has 2 aromatic rings. The van der Waals surface area contributed by atoms with Gasteiger partial charge < -0.3 is 24.1 Å². The van der Waals surface area contributed by atoms with Crippen LogP contribution in [0.4, 0.5) is 0 Å². The summed E-state index contributed by atoms with van der Waals surface area (Å²) in [6.07, 6.45) is 1.65. The molecular weight excluding hydrogens is 384 g/mol. The standard InChI is InChI=1S/C23H26N2O5/c1-5-14-29-17-9-7-16(8-10-17)20-19(21(26)18-11-6-15(2)30-18)22(27)23(28)25(20)13-12-24(3)4/h5-11,20,27H,1,12-14H2,2-4H3/t20-/m1/s1. The fourth-order valence-electron chi connectivity index (χ4n) is 3.36. The Labute approximate surface area is 175 Å². The molecule has 1 aliphatic heterocycles. The first kappa shape index (κ1) is 21.4. The number of carbonyl (C=O) groups is 2. The van der Waals surface area contributed by atoms with E-state index in [1.165, 1.54) is 4.90 Å². The van der Waals surface area contributed by atoms with Crippen LogP contribution in [0.1, 0.15) is 27.9 Å². The molecule has 1 amide bonds. The fraction of sp³-hybridized carbons (Fsp3) is 0.304. The van der Waals surface area contributed by atoms with Crippen molar-refractivity contribution in [2.24, 2.45) is 0 Å². The molecule has 2 heterocycles. The summed E-state index contributed by atoms with van der Waals surface area (Å²) in [5.41, 5.74) is 0.719. The Hall–Kier alpha value is -3.32. The molecule has 1 aromatic heterocycles. The van der Waals surface area contributed by atoms with Crippen molar-refractivity contribution in [1.29, 1.82) is 0 Å². The predicted molar refractivity (Wildman–Crippen MR) is 113 cm³/mol. The zero-order valence-corrected chi connectivity index (χ0v) is 17.4. The van der Waals surface area contributed by atoms with Crippen LogP contribution in [0.5, 0.6) is 5.75 Å². The van der Waals surface area contributed by atoms with Crippen LogP contribution < -0.4 is 4.74 Å². The highest BCUT2D eigenvalue weighted by Crippen LogP contribution is 2.39. The number of aliphatic hydroxyl groups is 1. The van der Waals surface area contributed by atoms with E-state index < -0.39 is 23.5 Å². The van der Waals surface area contributed by atoms with Crippen LogP contribution in [0.3, 0.4) is 0 Å². The number of ketones is 1. The first-order chi connectivity index (χ1) is 14.3. The summed E-state index contributed by atoms with van der Waals surface area (Å²) in [6.45, 7) is 6.66. The Kier molecular flexibility index (Phi) is 6.42. The van der Waals surface area contributed by atoms with Crippen molar-refractivity contribution in [2.75, 3.05) is 33.8 Å². The molecule has 0 fully saturated rings. The molecule has 158 valence electrons. The third kappa shape index (κ3) is 4.31. The first-order valence-electron chi connectivity index (χ1n) is 9.67. The second-order valence-electron chi connectivity index (χ2n) is 7.37. The quantitative estimate of drug-likeness (QED) is 0.505. The lowest BCUT2D eigenvalue weighted by molar-refractivity contribution is -0.129. The van der Waals surface area contributed by atoms with Gasteiger partial charge in [-0.3, -0.25) is 9.59 Å². The summed E-state index contributed by atoms with van der Waals surface area (Å²) in [7, 11) is 3.79. The maximum absolute atomic E-state index is 13.2. The highest BCUT2D eigenvalue weighted by atomic mass is 16.5. The van der Waals surface area contributed by atoms with Gasteiger partial charge in [0.15, 0.2) is 11.5 Å². The molecular formula is C23H26N2O5. The molecule has 0 spiro atoms. The monoisotopic (exact) mass is 410 g/mol. The van der Waals surface area contributed by atoms with E-state index in [1.54, 1.807) is 49.4 Å². The van der Waals surface area contributed by atoms with Gasteiger partial charge in [0.25, 0.3) is 5.91 Å². The summed E-state index contributed by atoms with van der Waals surface area (Å²) in [6, 6.07) is 9.62. The molecule has 0 bridgehead atoms. The number of amides is 1. The third-order valence-electron chi connectivity index (χ3n) is 4.86. The minimum Gasteiger partial charge on any atom is -0.503 e. The number of carbonyl (C=O) groups excluding carboxylic acids is 2. The number of likely N-dealkylation sites (N-methyl/N-ethyl adjacent to an activating group) is 1. The molecule has 3 rings (SSSR count). The van der Waals surface area contributed by atoms with Gasteiger partial charge in [0, 0.05) is 13.1 Å². The number of benzene rings is 1. The Morgan fingerprint density at radius 1 is 1.27 bits per heavy atom. The van der Waals surface area contributed by atoms with E-state index in [1.807, 2.05) is 19.0 Å². The van der Waals surface area contributed by atoms with Gasteiger partial charge >= 0.3 is 0 Å². The van der Waals surface area contributed by atoms with Gasteiger partial charge in [-0.25, -0.2) is 0 Å². The van der Waals surface area contributed by atoms with Crippen LogP contribution in [-0.4, -0.2) is 60.4 Å². The van der Waals surface area contributed by atoms with Gasteiger partial charge in [0.2, 0.25) is 5.78 Å².